The van der Waals surface area contributed by atoms with Crippen LogP contribution in [0.4, 0.5) is 0 Å². The van der Waals surface area contributed by atoms with E-state index in [4.69, 9.17) is 0 Å². The Labute approximate surface area is 140 Å². The monoisotopic (exact) mass is 388 g/mol. The maximum atomic E-state index is 12.3. The minimum absolute atomic E-state index is 0.101. The third-order valence-electron chi connectivity index (χ3n) is 3.78. The quantitative estimate of drug-likeness (QED) is 0.802. The first-order valence-electron chi connectivity index (χ1n) is 7.30. The van der Waals surface area contributed by atoms with Gasteiger partial charge in [-0.05, 0) is 37.6 Å². The van der Waals surface area contributed by atoms with E-state index in [0.717, 1.165) is 17.3 Å². The summed E-state index contributed by atoms with van der Waals surface area (Å²) in [6.07, 6.45) is 1.87. The van der Waals surface area contributed by atoms with Gasteiger partial charge in [0.05, 0.1) is 5.75 Å². The predicted octanol–water partition coefficient (Wildman–Crippen LogP) is 1.57. The highest BCUT2D eigenvalue weighted by atomic mass is 79.9. The summed E-state index contributed by atoms with van der Waals surface area (Å²) in [6.45, 7) is 1.36. The Bertz CT molecular complexity index is 616. The van der Waals surface area contributed by atoms with Crippen molar-refractivity contribution in [2.45, 2.75) is 24.6 Å². The third kappa shape index (κ3) is 4.79. The third-order valence-corrected chi connectivity index (χ3v) is 5.77. The van der Waals surface area contributed by atoms with Crippen molar-refractivity contribution in [1.82, 2.24) is 10.2 Å². The number of nitrogens with zero attached hydrogens (tertiary/aromatic N) is 1. The number of nitrogens with one attached hydrogen (secondary N) is 1. The molecule has 1 saturated heterocycles. The van der Waals surface area contributed by atoms with Gasteiger partial charge in [-0.25, -0.2) is 8.42 Å². The average Bonchev–Trinajstić information content (AvgIpc) is 2.89. The summed E-state index contributed by atoms with van der Waals surface area (Å²) in [5.41, 5.74) is 0.698. The molecule has 1 aliphatic rings. The summed E-state index contributed by atoms with van der Waals surface area (Å²) < 4.78 is 25.4. The van der Waals surface area contributed by atoms with E-state index in [1.807, 2.05) is 7.05 Å². The lowest BCUT2D eigenvalue weighted by Crippen LogP contribution is -2.43. The summed E-state index contributed by atoms with van der Waals surface area (Å²) in [7, 11) is -1.61. The van der Waals surface area contributed by atoms with Crippen molar-refractivity contribution in [1.29, 1.82) is 0 Å². The molecule has 0 spiro atoms. The molecule has 2 rings (SSSR count). The number of halogens is 1. The Balaban J connectivity index is 1.98. The number of rotatable bonds is 6. The van der Waals surface area contributed by atoms with Crippen LogP contribution in [0.25, 0.3) is 0 Å². The van der Waals surface area contributed by atoms with Gasteiger partial charge in [0, 0.05) is 23.6 Å². The van der Waals surface area contributed by atoms with Crippen molar-refractivity contribution in [3.8, 4) is 0 Å². The van der Waals surface area contributed by atoms with Crippen LogP contribution in [0.3, 0.4) is 0 Å². The topological polar surface area (TPSA) is 66.5 Å². The molecule has 7 heteroatoms. The summed E-state index contributed by atoms with van der Waals surface area (Å²) in [4.78, 5) is 14.0. The second-order valence-corrected chi connectivity index (χ2v) is 8.58. The molecule has 1 heterocycles. The van der Waals surface area contributed by atoms with Crippen molar-refractivity contribution >= 4 is 31.7 Å². The Morgan fingerprint density at radius 2 is 2.05 bits per heavy atom. The molecule has 0 bridgehead atoms. The lowest BCUT2D eigenvalue weighted by atomic mass is 10.2. The molecule has 0 aromatic heterocycles. The van der Waals surface area contributed by atoms with Gasteiger partial charge >= 0.3 is 0 Å². The maximum absolute atomic E-state index is 12.3. The number of hydrogen-bond donors (Lipinski definition) is 1. The number of amides is 1. The second-order valence-electron chi connectivity index (χ2n) is 5.60. The fourth-order valence-electron chi connectivity index (χ4n) is 2.77. The lowest BCUT2D eigenvalue weighted by molar-refractivity contribution is -0.129. The number of benzene rings is 1. The molecule has 122 valence electrons. The summed E-state index contributed by atoms with van der Waals surface area (Å²) in [5.74, 6) is -0.797. The van der Waals surface area contributed by atoms with Crippen LogP contribution < -0.4 is 5.32 Å². The smallest absolute Gasteiger partial charge is 0.238 e. The van der Waals surface area contributed by atoms with Crippen molar-refractivity contribution in [2.75, 3.05) is 25.9 Å². The van der Waals surface area contributed by atoms with Gasteiger partial charge in [0.25, 0.3) is 0 Å². The molecule has 1 fully saturated rings. The van der Waals surface area contributed by atoms with Gasteiger partial charge in [-0.3, -0.25) is 4.79 Å². The Morgan fingerprint density at radius 3 is 2.68 bits per heavy atom. The Morgan fingerprint density at radius 1 is 1.36 bits per heavy atom. The summed E-state index contributed by atoms with van der Waals surface area (Å²) in [5, 5.41) is 3.05. The maximum Gasteiger partial charge on any atom is 0.238 e. The van der Waals surface area contributed by atoms with Gasteiger partial charge in [-0.2, -0.15) is 0 Å². The number of hydrogen-bond acceptors (Lipinski definition) is 4. The van der Waals surface area contributed by atoms with Crippen LogP contribution in [-0.4, -0.2) is 51.2 Å². The van der Waals surface area contributed by atoms with Crippen LogP contribution in [-0.2, 0) is 20.4 Å². The van der Waals surface area contributed by atoms with Crippen molar-refractivity contribution in [2.24, 2.45) is 0 Å². The van der Waals surface area contributed by atoms with Gasteiger partial charge in [-0.1, -0.05) is 28.1 Å². The highest BCUT2D eigenvalue weighted by Crippen LogP contribution is 2.18. The van der Waals surface area contributed by atoms with Crippen molar-refractivity contribution < 1.29 is 13.2 Å². The molecule has 1 amide bonds. The summed E-state index contributed by atoms with van der Waals surface area (Å²) in [6, 6.07) is 7.23. The number of carbonyl (C=O) groups excluding carboxylic acids is 1. The minimum atomic E-state index is -3.45. The highest BCUT2D eigenvalue weighted by Gasteiger charge is 2.30. The zero-order valence-corrected chi connectivity index (χ0v) is 15.0. The molecule has 0 saturated carbocycles. The van der Waals surface area contributed by atoms with E-state index < -0.39 is 15.6 Å². The van der Waals surface area contributed by atoms with Gasteiger partial charge in [0.15, 0.2) is 9.84 Å². The lowest BCUT2D eigenvalue weighted by Gasteiger charge is -2.24. The molecule has 1 N–H and O–H groups in total. The van der Waals surface area contributed by atoms with Crippen LogP contribution in [0.5, 0.6) is 0 Å². The number of likely N-dealkylation sites (tertiary alicyclic amines) is 1. The zero-order valence-electron chi connectivity index (χ0n) is 12.6. The molecule has 0 radical (unpaired) electrons. The van der Waals surface area contributed by atoms with Gasteiger partial charge in [0.1, 0.15) is 5.75 Å². The summed E-state index contributed by atoms with van der Waals surface area (Å²) >= 11 is 3.32. The SMILES string of the molecule is CNCC1CCCN1C(=O)CS(=O)(=O)Cc1ccc(Br)cc1. The van der Waals surface area contributed by atoms with E-state index in [0.29, 0.717) is 18.7 Å². The average molecular weight is 389 g/mol. The minimum Gasteiger partial charge on any atom is -0.338 e. The van der Waals surface area contributed by atoms with E-state index in [1.54, 1.807) is 29.2 Å². The van der Waals surface area contributed by atoms with Gasteiger partial charge in [-0.15, -0.1) is 0 Å². The molecular weight excluding hydrogens is 368 g/mol. The molecule has 0 aliphatic carbocycles. The van der Waals surface area contributed by atoms with Crippen LogP contribution in [0.15, 0.2) is 28.7 Å². The first kappa shape index (κ1) is 17.4. The first-order valence-corrected chi connectivity index (χ1v) is 9.91. The number of likely N-dealkylation sites (N-methyl/N-ethyl adjacent to an activating group) is 1. The van der Waals surface area contributed by atoms with Crippen molar-refractivity contribution in [3.05, 3.63) is 34.3 Å². The van der Waals surface area contributed by atoms with E-state index in [1.165, 1.54) is 0 Å². The van der Waals surface area contributed by atoms with Crippen molar-refractivity contribution in [3.63, 3.8) is 0 Å². The second kappa shape index (κ2) is 7.57. The van der Waals surface area contributed by atoms with Crippen LogP contribution in [0.2, 0.25) is 0 Å². The van der Waals surface area contributed by atoms with Gasteiger partial charge < -0.3 is 10.2 Å². The number of carbonyl (C=O) groups is 1. The predicted molar refractivity (Wildman–Crippen MR) is 90.3 cm³/mol. The fourth-order valence-corrected chi connectivity index (χ4v) is 4.38. The fraction of sp³-hybridized carbons (Fsp3) is 0.533. The largest absolute Gasteiger partial charge is 0.338 e. The zero-order chi connectivity index (χ0) is 16.2. The van der Waals surface area contributed by atoms with Crippen LogP contribution in [0.1, 0.15) is 18.4 Å². The van der Waals surface area contributed by atoms with Gasteiger partial charge in [0.2, 0.25) is 5.91 Å². The standard InChI is InChI=1S/C15H21BrN2O3S/c1-17-9-14-3-2-8-18(14)15(19)11-22(20,21)10-12-4-6-13(16)7-5-12/h4-7,14,17H,2-3,8-11H2,1H3. The van der Waals surface area contributed by atoms with E-state index in [-0.39, 0.29) is 17.7 Å². The molecule has 1 atom stereocenters. The molecule has 1 aromatic rings. The normalized spacial score (nSPS) is 18.6. The molecule has 1 aromatic carbocycles. The van der Waals surface area contributed by atoms with E-state index >= 15 is 0 Å². The Kier molecular flexibility index (Phi) is 6.00. The molecule has 1 unspecified atom stereocenters. The van der Waals surface area contributed by atoms with E-state index in [2.05, 4.69) is 21.2 Å². The van der Waals surface area contributed by atoms with Crippen LogP contribution >= 0.6 is 15.9 Å². The Hall–Kier alpha value is -0.920. The molecule has 22 heavy (non-hydrogen) atoms. The molecular formula is C15H21BrN2O3S. The molecule has 5 nitrogen and oxygen atoms in total. The van der Waals surface area contributed by atoms with E-state index in [9.17, 15) is 13.2 Å². The first-order chi connectivity index (χ1) is 10.4. The number of sulfone groups is 1. The van der Waals surface area contributed by atoms with Crippen LogP contribution in [0, 0.1) is 0 Å². The highest BCUT2D eigenvalue weighted by molar-refractivity contribution is 9.10. The molecule has 1 aliphatic heterocycles.